The Labute approximate surface area is 209 Å². The van der Waals surface area contributed by atoms with Gasteiger partial charge in [-0.05, 0) is 0 Å². The molecule has 0 unspecified atom stereocenters. The summed E-state index contributed by atoms with van der Waals surface area (Å²) in [6.07, 6.45) is 16.4. The van der Waals surface area contributed by atoms with Crippen molar-refractivity contribution in [3.63, 3.8) is 0 Å². The molecule has 2 aliphatic carbocycles. The molecular weight excluding hydrogens is 457 g/mol. The first-order valence-corrected chi connectivity index (χ1v) is 13.7. The molecule has 2 aromatic rings. The summed E-state index contributed by atoms with van der Waals surface area (Å²) in [6.45, 7) is 10.6. The van der Waals surface area contributed by atoms with E-state index >= 15 is 0 Å². The Balaban J connectivity index is 0.000000241. The zero-order chi connectivity index (χ0) is 21.0. The third-order valence-electron chi connectivity index (χ3n) is 3.56. The SMILES string of the molecule is C1=CC([N-]c2ccccc2)C=C1.C1=CC([N-]c2ccccc2)C=C1.[CH2-][Si](C)(C)C.[Y+3]. The van der Waals surface area contributed by atoms with Crippen molar-refractivity contribution in [3.8, 4) is 0 Å². The number of nitrogens with zero attached hydrogens (tertiary/aromatic N) is 2. The minimum absolute atomic E-state index is 0. The predicted molar refractivity (Wildman–Crippen MR) is 132 cm³/mol. The second-order valence-electron chi connectivity index (χ2n) is 8.01. The van der Waals surface area contributed by atoms with Crippen LogP contribution in [-0.4, -0.2) is 20.2 Å². The van der Waals surface area contributed by atoms with Gasteiger partial charge >= 0.3 is 32.7 Å². The number of allylic oxidation sites excluding steroid dienone is 4. The molecule has 0 amide bonds. The van der Waals surface area contributed by atoms with Crippen molar-refractivity contribution in [2.75, 3.05) is 0 Å². The van der Waals surface area contributed by atoms with Gasteiger partial charge in [-0.15, -0.1) is 19.4 Å². The van der Waals surface area contributed by atoms with Gasteiger partial charge in [-0.3, -0.25) is 0 Å². The molecule has 0 N–H and O–H groups in total. The zero-order valence-corrected chi connectivity index (χ0v) is 22.1. The van der Waals surface area contributed by atoms with Crippen molar-refractivity contribution in [3.05, 3.63) is 126 Å². The third kappa shape index (κ3) is 12.8. The van der Waals surface area contributed by atoms with E-state index in [0.29, 0.717) is 0 Å². The molecule has 0 aromatic heterocycles. The maximum Gasteiger partial charge on any atom is 3.00 e. The number of benzene rings is 2. The fraction of sp³-hybridized carbons (Fsp3) is 0.192. The summed E-state index contributed by atoms with van der Waals surface area (Å²) in [5.74, 6) is 0. The van der Waals surface area contributed by atoms with Crippen molar-refractivity contribution >= 4 is 19.4 Å². The van der Waals surface area contributed by atoms with Gasteiger partial charge in [0.15, 0.2) is 0 Å². The van der Waals surface area contributed by atoms with E-state index in [1.165, 1.54) is 0 Å². The normalized spacial score (nSPS) is 14.3. The van der Waals surface area contributed by atoms with E-state index in [9.17, 15) is 0 Å². The molecule has 0 radical (unpaired) electrons. The maximum atomic E-state index is 4.48. The van der Waals surface area contributed by atoms with Gasteiger partial charge in [-0.2, -0.15) is 0 Å². The molecule has 0 aliphatic heterocycles. The zero-order valence-electron chi connectivity index (χ0n) is 18.2. The van der Waals surface area contributed by atoms with E-state index in [4.69, 9.17) is 0 Å². The largest absolute Gasteiger partial charge is 3.00 e. The fourth-order valence-corrected chi connectivity index (χ4v) is 2.38. The molecule has 2 nitrogen and oxygen atoms in total. The Hall–Kier alpha value is -1.68. The van der Waals surface area contributed by atoms with Gasteiger partial charge in [0.25, 0.3) is 0 Å². The van der Waals surface area contributed by atoms with Crippen molar-refractivity contribution in [2.45, 2.75) is 31.7 Å². The van der Waals surface area contributed by atoms with Crippen LogP contribution in [-0.2, 0) is 32.7 Å². The number of para-hydroxylation sites is 2. The van der Waals surface area contributed by atoms with Crippen LogP contribution in [0.25, 0.3) is 10.6 Å². The topological polar surface area (TPSA) is 28.2 Å². The van der Waals surface area contributed by atoms with Crippen LogP contribution in [0.2, 0.25) is 19.6 Å². The van der Waals surface area contributed by atoms with Gasteiger partial charge in [-0.25, -0.2) is 0 Å². The smallest absolute Gasteiger partial charge is 0.675 e. The first-order valence-electron chi connectivity index (χ1n) is 9.97. The Morgan fingerprint density at radius 1 is 0.600 bits per heavy atom. The minimum atomic E-state index is -0.861. The van der Waals surface area contributed by atoms with Crippen molar-refractivity contribution in [1.82, 2.24) is 0 Å². The summed E-state index contributed by atoms with van der Waals surface area (Å²) in [5, 5.41) is 8.97. The summed E-state index contributed by atoms with van der Waals surface area (Å²) in [7, 11) is -0.861. The molecule has 4 heteroatoms. The summed E-state index contributed by atoms with van der Waals surface area (Å²) in [5.41, 5.74) is 2.08. The van der Waals surface area contributed by atoms with E-state index in [1.54, 1.807) is 0 Å². The van der Waals surface area contributed by atoms with E-state index < -0.39 is 8.07 Å². The number of rotatable bonds is 4. The molecule has 152 valence electrons. The van der Waals surface area contributed by atoms with E-state index in [2.05, 4.69) is 61.1 Å². The van der Waals surface area contributed by atoms with Gasteiger partial charge in [0.2, 0.25) is 0 Å². The molecule has 0 spiro atoms. The van der Waals surface area contributed by atoms with Crippen LogP contribution in [0.1, 0.15) is 0 Å². The van der Waals surface area contributed by atoms with E-state index in [0.717, 1.165) is 11.4 Å². The van der Waals surface area contributed by atoms with Crippen LogP contribution >= 0.6 is 0 Å². The number of hydrogen-bond donors (Lipinski definition) is 0. The van der Waals surface area contributed by atoms with Crippen molar-refractivity contribution < 1.29 is 32.7 Å². The Kier molecular flexibility index (Phi) is 12.6. The molecule has 0 fully saturated rings. The maximum absolute atomic E-state index is 4.48. The van der Waals surface area contributed by atoms with Crippen molar-refractivity contribution in [1.29, 1.82) is 0 Å². The molecule has 0 atom stereocenters. The quantitative estimate of drug-likeness (QED) is 0.308. The second-order valence-corrected chi connectivity index (χ2v) is 13.1. The molecule has 0 heterocycles. The first kappa shape index (κ1) is 26.4. The van der Waals surface area contributed by atoms with E-state index in [-0.39, 0.29) is 44.8 Å². The molecule has 4 rings (SSSR count). The standard InChI is InChI=1S/2C11H10N.C4H11Si.Y/c2*1-2-6-10(7-3-1)12-11-8-4-5-9-11;1-5(2,3)4;/h2*1-9,11H;1H2,2-4H3;/q3*-1;+3. The Morgan fingerprint density at radius 3 is 1.13 bits per heavy atom. The molecule has 30 heavy (non-hydrogen) atoms. The van der Waals surface area contributed by atoms with Gasteiger partial charge in [0, 0.05) is 0 Å². The second kappa shape index (κ2) is 14.3. The molecular formula is C26H31N2SiY. The molecule has 0 saturated carbocycles. The first-order chi connectivity index (χ1) is 13.9. The predicted octanol–water partition coefficient (Wildman–Crippen LogP) is 8.07. The minimum Gasteiger partial charge on any atom is -0.675 e. The van der Waals surface area contributed by atoms with Gasteiger partial charge in [0.05, 0.1) is 0 Å². The van der Waals surface area contributed by atoms with Crippen LogP contribution in [0, 0.1) is 6.55 Å². The molecule has 2 aliphatic rings. The Bertz CT molecular complexity index is 726. The van der Waals surface area contributed by atoms with Crippen LogP contribution in [0.15, 0.2) is 109 Å². The van der Waals surface area contributed by atoms with E-state index in [1.807, 2.05) is 85.0 Å². The Morgan fingerprint density at radius 2 is 0.867 bits per heavy atom. The van der Waals surface area contributed by atoms with Crippen LogP contribution in [0.3, 0.4) is 0 Å². The van der Waals surface area contributed by atoms with Crippen LogP contribution in [0.5, 0.6) is 0 Å². The van der Waals surface area contributed by atoms with Gasteiger partial charge in [-0.1, -0.05) is 141 Å². The van der Waals surface area contributed by atoms with Crippen molar-refractivity contribution in [2.24, 2.45) is 0 Å². The summed E-state index contributed by atoms with van der Waals surface area (Å²) < 4.78 is 0. The number of hydrogen-bond acceptors (Lipinski definition) is 0. The fourth-order valence-electron chi connectivity index (χ4n) is 2.38. The molecule has 0 saturated heterocycles. The van der Waals surface area contributed by atoms with Crippen LogP contribution in [0.4, 0.5) is 11.4 Å². The summed E-state index contributed by atoms with van der Waals surface area (Å²) in [4.78, 5) is 0. The third-order valence-corrected chi connectivity index (χ3v) is 3.56. The summed E-state index contributed by atoms with van der Waals surface area (Å²) in [6, 6.07) is 20.5. The monoisotopic (exact) mass is 488 g/mol. The average Bonchev–Trinajstić information content (AvgIpc) is 3.37. The molecule has 2 aromatic carbocycles. The van der Waals surface area contributed by atoms with Gasteiger partial charge in [0.1, 0.15) is 0 Å². The summed E-state index contributed by atoms with van der Waals surface area (Å²) >= 11 is 0. The van der Waals surface area contributed by atoms with Gasteiger partial charge < -0.3 is 17.2 Å². The van der Waals surface area contributed by atoms with Crippen LogP contribution < -0.4 is 0 Å². The molecule has 0 bridgehead atoms. The average molecular weight is 489 g/mol.